The van der Waals surface area contributed by atoms with Gasteiger partial charge in [-0.05, 0) is 30.7 Å². The summed E-state index contributed by atoms with van der Waals surface area (Å²) in [5.74, 6) is 0.379. The Balaban J connectivity index is 1.98. The second kappa shape index (κ2) is 6.85. The number of rotatable bonds is 5. The summed E-state index contributed by atoms with van der Waals surface area (Å²) in [7, 11) is 0. The molecular formula is C16H16N2O2S. The third kappa shape index (κ3) is 4.29. The molecule has 2 rings (SSSR count). The molecule has 0 radical (unpaired) electrons. The lowest BCUT2D eigenvalue weighted by Gasteiger charge is -2.11. The van der Waals surface area contributed by atoms with Crippen LogP contribution in [-0.2, 0) is 4.79 Å². The van der Waals surface area contributed by atoms with Crippen molar-refractivity contribution < 1.29 is 9.53 Å². The number of hydrogen-bond acceptors (Lipinski definition) is 3. The van der Waals surface area contributed by atoms with Gasteiger partial charge in [0.1, 0.15) is 10.7 Å². The molecule has 1 amide bonds. The number of thiocarbonyl (C=S) groups is 1. The van der Waals surface area contributed by atoms with Crippen LogP contribution in [0.25, 0.3) is 0 Å². The lowest BCUT2D eigenvalue weighted by molar-refractivity contribution is -0.118. The summed E-state index contributed by atoms with van der Waals surface area (Å²) in [6.45, 7) is 1.82. The largest absolute Gasteiger partial charge is 0.483 e. The molecule has 0 unspecified atom stereocenters. The van der Waals surface area contributed by atoms with Gasteiger partial charge in [-0.15, -0.1) is 0 Å². The van der Waals surface area contributed by atoms with Crippen molar-refractivity contribution in [3.05, 3.63) is 59.7 Å². The monoisotopic (exact) mass is 300 g/mol. The van der Waals surface area contributed by atoms with Crippen molar-refractivity contribution in [2.75, 3.05) is 11.9 Å². The van der Waals surface area contributed by atoms with Crippen molar-refractivity contribution in [1.29, 1.82) is 0 Å². The second-order valence-electron chi connectivity index (χ2n) is 4.55. The van der Waals surface area contributed by atoms with Crippen LogP contribution in [0.3, 0.4) is 0 Å². The molecule has 3 N–H and O–H groups in total. The maximum atomic E-state index is 11.8. The highest BCUT2D eigenvalue weighted by molar-refractivity contribution is 7.80. The van der Waals surface area contributed by atoms with Crippen LogP contribution in [0, 0.1) is 6.92 Å². The standard InChI is InChI=1S/C16H16N2O2S/c1-11-7-8-12(16(17)21)9-14(11)20-10-15(19)18-13-5-3-2-4-6-13/h2-9H,10H2,1H3,(H2,17,21)(H,18,19). The quantitative estimate of drug-likeness (QED) is 0.833. The van der Waals surface area contributed by atoms with E-state index in [2.05, 4.69) is 5.32 Å². The number of amides is 1. The fourth-order valence-electron chi connectivity index (χ4n) is 1.77. The Kier molecular flexibility index (Phi) is 4.90. The molecule has 2 aromatic carbocycles. The highest BCUT2D eigenvalue weighted by atomic mass is 32.1. The zero-order valence-electron chi connectivity index (χ0n) is 11.6. The number of nitrogens with two attached hydrogens (primary N) is 1. The maximum Gasteiger partial charge on any atom is 0.262 e. The van der Waals surface area contributed by atoms with E-state index in [9.17, 15) is 4.79 Å². The molecule has 0 saturated carbocycles. The number of carbonyl (C=O) groups is 1. The van der Waals surface area contributed by atoms with Crippen molar-refractivity contribution in [3.8, 4) is 5.75 Å². The van der Waals surface area contributed by atoms with Gasteiger partial charge >= 0.3 is 0 Å². The van der Waals surface area contributed by atoms with E-state index in [1.54, 1.807) is 6.07 Å². The predicted molar refractivity (Wildman–Crippen MR) is 87.6 cm³/mol. The summed E-state index contributed by atoms with van der Waals surface area (Å²) in [5.41, 5.74) is 7.96. The average molecular weight is 300 g/mol. The number of para-hydroxylation sites is 1. The van der Waals surface area contributed by atoms with E-state index in [0.717, 1.165) is 11.3 Å². The fourth-order valence-corrected chi connectivity index (χ4v) is 1.90. The molecular weight excluding hydrogens is 284 g/mol. The summed E-state index contributed by atoms with van der Waals surface area (Å²) >= 11 is 4.93. The molecule has 0 atom stereocenters. The second-order valence-corrected chi connectivity index (χ2v) is 4.99. The molecule has 108 valence electrons. The molecule has 4 nitrogen and oxygen atoms in total. The van der Waals surface area contributed by atoms with Gasteiger partial charge in [0, 0.05) is 11.3 Å². The van der Waals surface area contributed by atoms with Gasteiger partial charge in [0.2, 0.25) is 0 Å². The lowest BCUT2D eigenvalue weighted by atomic mass is 10.1. The summed E-state index contributed by atoms with van der Waals surface area (Å²) < 4.78 is 5.53. The van der Waals surface area contributed by atoms with Gasteiger partial charge in [-0.3, -0.25) is 4.79 Å². The zero-order valence-corrected chi connectivity index (χ0v) is 12.4. The number of benzene rings is 2. The Morgan fingerprint density at radius 3 is 2.62 bits per heavy atom. The third-order valence-electron chi connectivity index (χ3n) is 2.89. The first kappa shape index (κ1) is 15.0. The normalized spacial score (nSPS) is 9.95. The molecule has 0 aromatic heterocycles. The van der Waals surface area contributed by atoms with Crippen molar-refractivity contribution in [2.24, 2.45) is 5.73 Å². The van der Waals surface area contributed by atoms with Gasteiger partial charge in [-0.1, -0.05) is 42.5 Å². The van der Waals surface area contributed by atoms with Crippen LogP contribution in [-0.4, -0.2) is 17.5 Å². The molecule has 0 bridgehead atoms. The summed E-state index contributed by atoms with van der Waals surface area (Å²) in [6.07, 6.45) is 0. The predicted octanol–water partition coefficient (Wildman–Crippen LogP) is 2.65. The highest BCUT2D eigenvalue weighted by Gasteiger charge is 2.07. The van der Waals surface area contributed by atoms with E-state index in [-0.39, 0.29) is 12.5 Å². The zero-order chi connectivity index (χ0) is 15.2. The van der Waals surface area contributed by atoms with Crippen LogP contribution in [0.4, 0.5) is 5.69 Å². The van der Waals surface area contributed by atoms with Crippen molar-refractivity contribution in [2.45, 2.75) is 6.92 Å². The lowest BCUT2D eigenvalue weighted by Crippen LogP contribution is -2.20. The molecule has 0 spiro atoms. The van der Waals surface area contributed by atoms with Crippen LogP contribution in [0.5, 0.6) is 5.75 Å². The number of nitrogens with one attached hydrogen (secondary N) is 1. The van der Waals surface area contributed by atoms with Gasteiger partial charge < -0.3 is 15.8 Å². The van der Waals surface area contributed by atoms with Gasteiger partial charge in [-0.2, -0.15) is 0 Å². The van der Waals surface area contributed by atoms with E-state index in [1.165, 1.54) is 0 Å². The van der Waals surface area contributed by atoms with Crippen molar-refractivity contribution in [1.82, 2.24) is 0 Å². The minimum Gasteiger partial charge on any atom is -0.483 e. The minimum absolute atomic E-state index is 0.0729. The molecule has 0 aliphatic rings. The van der Waals surface area contributed by atoms with Crippen LogP contribution in [0.2, 0.25) is 0 Å². The van der Waals surface area contributed by atoms with Gasteiger partial charge in [0.25, 0.3) is 5.91 Å². The first-order valence-electron chi connectivity index (χ1n) is 6.44. The van der Waals surface area contributed by atoms with E-state index < -0.39 is 0 Å². The summed E-state index contributed by atoms with van der Waals surface area (Å²) in [4.78, 5) is 12.1. The third-order valence-corrected chi connectivity index (χ3v) is 3.12. The van der Waals surface area contributed by atoms with Gasteiger partial charge in [-0.25, -0.2) is 0 Å². The van der Waals surface area contributed by atoms with E-state index in [0.29, 0.717) is 16.3 Å². The average Bonchev–Trinajstić information content (AvgIpc) is 2.47. The first-order chi connectivity index (χ1) is 10.1. The Hall–Kier alpha value is -2.40. The SMILES string of the molecule is Cc1ccc(C(N)=S)cc1OCC(=O)Nc1ccccc1. The van der Waals surface area contributed by atoms with Crippen molar-refractivity contribution in [3.63, 3.8) is 0 Å². The molecule has 0 saturated heterocycles. The summed E-state index contributed by atoms with van der Waals surface area (Å²) in [5, 5.41) is 2.75. The molecule has 2 aromatic rings. The van der Waals surface area contributed by atoms with Gasteiger partial charge in [0.05, 0.1) is 0 Å². The molecule has 0 aliphatic heterocycles. The molecule has 21 heavy (non-hydrogen) atoms. The fraction of sp³-hybridized carbons (Fsp3) is 0.125. The van der Waals surface area contributed by atoms with Crippen LogP contribution >= 0.6 is 12.2 Å². The first-order valence-corrected chi connectivity index (χ1v) is 6.85. The van der Waals surface area contributed by atoms with E-state index in [1.807, 2.05) is 49.4 Å². The van der Waals surface area contributed by atoms with Gasteiger partial charge in [0.15, 0.2) is 6.61 Å². The number of hydrogen-bond donors (Lipinski definition) is 2. The van der Waals surface area contributed by atoms with Crippen LogP contribution < -0.4 is 15.8 Å². The van der Waals surface area contributed by atoms with E-state index in [4.69, 9.17) is 22.7 Å². The Bertz CT molecular complexity index is 657. The molecule has 0 aliphatic carbocycles. The Morgan fingerprint density at radius 2 is 1.95 bits per heavy atom. The van der Waals surface area contributed by atoms with Crippen LogP contribution in [0.1, 0.15) is 11.1 Å². The molecule has 5 heteroatoms. The summed E-state index contributed by atoms with van der Waals surface area (Å²) in [6, 6.07) is 14.7. The minimum atomic E-state index is -0.221. The van der Waals surface area contributed by atoms with Crippen molar-refractivity contribution >= 4 is 28.8 Å². The topological polar surface area (TPSA) is 64.3 Å². The van der Waals surface area contributed by atoms with Crippen LogP contribution in [0.15, 0.2) is 48.5 Å². The Labute approximate surface area is 128 Å². The number of ether oxygens (including phenoxy) is 1. The number of aryl methyl sites for hydroxylation is 1. The number of carbonyl (C=O) groups excluding carboxylic acids is 1. The number of anilines is 1. The molecule has 0 fully saturated rings. The highest BCUT2D eigenvalue weighted by Crippen LogP contribution is 2.19. The maximum absolute atomic E-state index is 11.8. The van der Waals surface area contributed by atoms with E-state index >= 15 is 0 Å². The Morgan fingerprint density at radius 1 is 1.24 bits per heavy atom. The smallest absolute Gasteiger partial charge is 0.262 e. The molecule has 0 heterocycles.